The molecule has 11 nitrogen and oxygen atoms in total. The fourth-order valence-corrected chi connectivity index (χ4v) is 6.20. The van der Waals surface area contributed by atoms with Crippen LogP contribution in [0.15, 0.2) is 52.1 Å². The minimum absolute atomic E-state index is 0.0180. The molecule has 0 saturated heterocycles. The number of fused-ring (bicyclic) bond motifs is 1. The molecular formula is C27H36N4O7SSi. The highest BCUT2D eigenvalue weighted by molar-refractivity contribution is 7.93. The number of hydrogen-bond acceptors (Lipinski definition) is 9. The maximum absolute atomic E-state index is 13.4. The molecule has 0 radical (unpaired) electrons. The Labute approximate surface area is 235 Å². The van der Waals surface area contributed by atoms with Crippen LogP contribution >= 0.6 is 0 Å². The molecule has 0 fully saturated rings. The zero-order chi connectivity index (χ0) is 29.3. The van der Waals surface area contributed by atoms with Gasteiger partial charge in [0.1, 0.15) is 22.6 Å². The number of rotatable bonds is 11. The van der Waals surface area contributed by atoms with E-state index in [0.717, 1.165) is 11.1 Å². The van der Waals surface area contributed by atoms with Crippen LogP contribution in [0.3, 0.4) is 0 Å². The number of nitrogens with one attached hydrogen (secondary N) is 1. The Morgan fingerprint density at radius 2 is 1.65 bits per heavy atom. The summed E-state index contributed by atoms with van der Waals surface area (Å²) in [5.74, 6) is 0.631. The third kappa shape index (κ3) is 5.95. The lowest BCUT2D eigenvalue weighted by Crippen LogP contribution is -2.40. The minimum atomic E-state index is -4.17. The molecule has 0 aliphatic heterocycles. The first-order valence-electron chi connectivity index (χ1n) is 12.6. The van der Waals surface area contributed by atoms with Gasteiger partial charge in [-0.1, -0.05) is 32.0 Å². The van der Waals surface area contributed by atoms with Crippen molar-refractivity contribution in [2.24, 2.45) is 0 Å². The van der Waals surface area contributed by atoms with Crippen molar-refractivity contribution in [1.82, 2.24) is 14.9 Å². The summed E-state index contributed by atoms with van der Waals surface area (Å²) in [7, 11) is -1.78. The van der Waals surface area contributed by atoms with Gasteiger partial charge in [-0.15, -0.1) is 0 Å². The highest BCUT2D eigenvalue weighted by Crippen LogP contribution is 2.39. The molecule has 2 aromatic heterocycles. The molecule has 216 valence electrons. The zero-order valence-corrected chi connectivity index (χ0v) is 25.9. The van der Waals surface area contributed by atoms with Gasteiger partial charge in [-0.2, -0.15) is 5.10 Å². The van der Waals surface area contributed by atoms with Crippen molar-refractivity contribution in [1.29, 1.82) is 0 Å². The molecule has 4 rings (SSSR count). The van der Waals surface area contributed by atoms with Crippen LogP contribution in [0.4, 0.5) is 5.82 Å². The Balaban J connectivity index is 1.58. The number of anilines is 1. The fraction of sp³-hybridized carbons (Fsp3) is 0.407. The second-order valence-corrected chi connectivity index (χ2v) is 17.3. The number of sulfonamides is 1. The van der Waals surface area contributed by atoms with Crippen LogP contribution < -0.4 is 18.9 Å². The van der Waals surface area contributed by atoms with Gasteiger partial charge in [0.25, 0.3) is 10.0 Å². The second kappa shape index (κ2) is 11.1. The molecule has 4 aromatic rings. The molecule has 0 aliphatic rings. The SMILES string of the molecule is COc1cccc(OC)c1S(=O)(=O)Nc1noc2cc(Cn3cc(CO[Si](C)(C)C(C)(C)C)cn3)cc(OC)c12. The summed E-state index contributed by atoms with van der Waals surface area (Å²) in [6, 6.07) is 8.28. The van der Waals surface area contributed by atoms with E-state index < -0.39 is 18.3 Å². The molecule has 13 heteroatoms. The molecule has 2 heterocycles. The molecule has 0 unspecified atom stereocenters. The smallest absolute Gasteiger partial charge is 0.270 e. The highest BCUT2D eigenvalue weighted by atomic mass is 32.2. The number of aromatic nitrogens is 3. The van der Waals surface area contributed by atoms with E-state index in [-0.39, 0.29) is 27.3 Å². The first-order valence-corrected chi connectivity index (χ1v) is 17.0. The van der Waals surface area contributed by atoms with Crippen molar-refractivity contribution in [3.63, 3.8) is 0 Å². The van der Waals surface area contributed by atoms with Crippen LogP contribution in [0.2, 0.25) is 18.1 Å². The average molecular weight is 589 g/mol. The third-order valence-corrected chi connectivity index (χ3v) is 13.0. The molecule has 2 aromatic carbocycles. The molecule has 1 N–H and O–H groups in total. The van der Waals surface area contributed by atoms with Gasteiger partial charge in [0.2, 0.25) is 0 Å². The van der Waals surface area contributed by atoms with Gasteiger partial charge in [0.15, 0.2) is 24.6 Å². The van der Waals surface area contributed by atoms with Gasteiger partial charge in [0, 0.05) is 11.8 Å². The monoisotopic (exact) mass is 588 g/mol. The summed E-state index contributed by atoms with van der Waals surface area (Å²) in [4.78, 5) is -0.154. The predicted octanol–water partition coefficient (Wildman–Crippen LogP) is 5.42. The molecule has 0 saturated carbocycles. The van der Waals surface area contributed by atoms with Gasteiger partial charge < -0.3 is 23.2 Å². The quantitative estimate of drug-likeness (QED) is 0.228. The van der Waals surface area contributed by atoms with Gasteiger partial charge in [-0.05, 0) is 48.0 Å². The van der Waals surface area contributed by atoms with Gasteiger partial charge >= 0.3 is 0 Å². The summed E-state index contributed by atoms with van der Waals surface area (Å²) < 4.78 is 59.0. The minimum Gasteiger partial charge on any atom is -0.496 e. The summed E-state index contributed by atoms with van der Waals surface area (Å²) >= 11 is 0. The summed E-state index contributed by atoms with van der Waals surface area (Å²) in [6.07, 6.45) is 3.75. The van der Waals surface area contributed by atoms with E-state index in [0.29, 0.717) is 29.9 Å². The second-order valence-electron chi connectivity index (χ2n) is 10.9. The number of nitrogens with zero attached hydrogens (tertiary/aromatic N) is 3. The van der Waals surface area contributed by atoms with Gasteiger partial charge in [0.05, 0.1) is 40.7 Å². The van der Waals surface area contributed by atoms with E-state index in [9.17, 15) is 8.42 Å². The van der Waals surface area contributed by atoms with Crippen molar-refractivity contribution in [2.45, 2.75) is 57.0 Å². The number of benzene rings is 2. The zero-order valence-electron chi connectivity index (χ0n) is 24.1. The van der Waals surface area contributed by atoms with E-state index in [1.165, 1.54) is 33.5 Å². The van der Waals surface area contributed by atoms with Crippen molar-refractivity contribution < 1.29 is 31.6 Å². The van der Waals surface area contributed by atoms with Crippen LogP contribution in [-0.2, 0) is 27.6 Å². The Bertz CT molecular complexity index is 1580. The van der Waals surface area contributed by atoms with Crippen molar-refractivity contribution in [3.8, 4) is 17.2 Å². The van der Waals surface area contributed by atoms with Crippen LogP contribution in [0.5, 0.6) is 17.2 Å². The Morgan fingerprint density at radius 3 is 2.25 bits per heavy atom. The molecular weight excluding hydrogens is 552 g/mol. The maximum Gasteiger partial charge on any atom is 0.270 e. The lowest BCUT2D eigenvalue weighted by Gasteiger charge is -2.36. The van der Waals surface area contributed by atoms with E-state index in [1.54, 1.807) is 29.1 Å². The Morgan fingerprint density at radius 1 is 1.00 bits per heavy atom. The van der Waals surface area contributed by atoms with E-state index in [4.69, 9.17) is 23.2 Å². The number of ether oxygens (including phenoxy) is 3. The fourth-order valence-electron chi connectivity index (χ4n) is 3.91. The van der Waals surface area contributed by atoms with E-state index >= 15 is 0 Å². The van der Waals surface area contributed by atoms with Crippen molar-refractivity contribution >= 4 is 35.1 Å². The summed E-state index contributed by atoms with van der Waals surface area (Å²) in [5, 5.41) is 8.97. The van der Waals surface area contributed by atoms with Gasteiger partial charge in [-0.3, -0.25) is 9.40 Å². The Kier molecular flexibility index (Phi) is 8.20. The van der Waals surface area contributed by atoms with Crippen LogP contribution in [0.25, 0.3) is 11.0 Å². The molecule has 0 spiro atoms. The first kappa shape index (κ1) is 29.4. The molecule has 40 heavy (non-hydrogen) atoms. The largest absolute Gasteiger partial charge is 0.496 e. The number of hydrogen-bond donors (Lipinski definition) is 1. The molecule has 0 aliphatic carbocycles. The van der Waals surface area contributed by atoms with E-state index in [1.807, 2.05) is 6.20 Å². The van der Waals surface area contributed by atoms with Crippen molar-refractivity contribution in [3.05, 3.63) is 53.9 Å². The first-order chi connectivity index (χ1) is 18.8. The third-order valence-electron chi connectivity index (χ3n) is 7.14. The lowest BCUT2D eigenvalue weighted by molar-refractivity contribution is 0.276. The lowest BCUT2D eigenvalue weighted by atomic mass is 10.1. The normalized spacial score (nSPS) is 12.5. The standard InChI is InChI=1S/C27H36N4O7SSi/c1-27(2,3)40(7,8)37-17-19-14-28-31(16-19)15-18-12-22(36-6)24-23(13-18)38-29-26(24)30-39(32,33)25-20(34-4)10-9-11-21(25)35-5/h9-14,16H,15,17H2,1-8H3,(H,29,30). The predicted molar refractivity (Wildman–Crippen MR) is 154 cm³/mol. The van der Waals surface area contributed by atoms with Crippen LogP contribution in [0, 0.1) is 0 Å². The maximum atomic E-state index is 13.4. The summed E-state index contributed by atoms with van der Waals surface area (Å²) in [6.45, 7) is 12.0. The molecule has 0 bridgehead atoms. The average Bonchev–Trinajstić information content (AvgIpc) is 3.52. The highest BCUT2D eigenvalue weighted by Gasteiger charge is 2.37. The number of methoxy groups -OCH3 is 3. The Hall–Kier alpha value is -3.55. The van der Waals surface area contributed by atoms with Crippen LogP contribution in [-0.4, -0.2) is 53.0 Å². The van der Waals surface area contributed by atoms with Crippen LogP contribution in [0.1, 0.15) is 31.9 Å². The van der Waals surface area contributed by atoms with Crippen molar-refractivity contribution in [2.75, 3.05) is 26.1 Å². The molecule has 0 atom stereocenters. The topological polar surface area (TPSA) is 127 Å². The molecule has 0 amide bonds. The summed E-state index contributed by atoms with van der Waals surface area (Å²) in [5.41, 5.74) is 2.18. The van der Waals surface area contributed by atoms with Gasteiger partial charge in [-0.25, -0.2) is 8.42 Å². The van der Waals surface area contributed by atoms with E-state index in [2.05, 4.69) is 48.8 Å².